The Hall–Kier alpha value is -2.60. The molecule has 2 heterocycles. The van der Waals surface area contributed by atoms with Crippen LogP contribution in [0, 0.1) is 11.6 Å². The first-order valence-corrected chi connectivity index (χ1v) is 11.1. The van der Waals surface area contributed by atoms with Gasteiger partial charge in [0.15, 0.2) is 0 Å². The summed E-state index contributed by atoms with van der Waals surface area (Å²) in [5.74, 6) is -1.25. The van der Waals surface area contributed by atoms with Crippen LogP contribution in [0.1, 0.15) is 56.6 Å². The smallest absolute Gasteiger partial charge is 0.240 e. The van der Waals surface area contributed by atoms with Crippen molar-refractivity contribution in [2.45, 2.75) is 51.0 Å². The maximum absolute atomic E-state index is 14.5. The van der Waals surface area contributed by atoms with Gasteiger partial charge < -0.3 is 4.90 Å². The van der Waals surface area contributed by atoms with E-state index in [0.717, 1.165) is 43.8 Å². The van der Waals surface area contributed by atoms with Crippen molar-refractivity contribution >= 4 is 11.6 Å². The zero-order chi connectivity index (χ0) is 21.8. The quantitative estimate of drug-likeness (QED) is 0.647. The number of halogens is 2. The molecule has 0 radical (unpaired) electrons. The average molecular weight is 426 g/mol. The first-order chi connectivity index (χ1) is 15.0. The van der Waals surface area contributed by atoms with Crippen LogP contribution in [0.3, 0.4) is 0 Å². The Bertz CT molecular complexity index is 956. The minimum Gasteiger partial charge on any atom is -0.303 e. The number of carbonyl (C=O) groups excluding carboxylic acids is 1. The van der Waals surface area contributed by atoms with Crippen molar-refractivity contribution in [3.63, 3.8) is 0 Å². The molecule has 0 saturated carbocycles. The summed E-state index contributed by atoms with van der Waals surface area (Å²) in [5.41, 5.74) is 0.810. The molecule has 0 aromatic heterocycles. The lowest BCUT2D eigenvalue weighted by Crippen LogP contribution is -2.43. The SMILES string of the molecule is CC(=O)N1N=C(c2cc(F)ccc2F)C[C@]1(CCCN1CCCCC1)c1ccccc1. The molecule has 0 aliphatic carbocycles. The first kappa shape index (κ1) is 21.6. The summed E-state index contributed by atoms with van der Waals surface area (Å²) >= 11 is 0. The lowest BCUT2D eigenvalue weighted by molar-refractivity contribution is -0.135. The second-order valence-corrected chi connectivity index (χ2v) is 8.58. The van der Waals surface area contributed by atoms with Gasteiger partial charge in [-0.25, -0.2) is 13.8 Å². The van der Waals surface area contributed by atoms with E-state index in [9.17, 15) is 13.6 Å². The van der Waals surface area contributed by atoms with Gasteiger partial charge in [0.25, 0.3) is 0 Å². The minimum absolute atomic E-state index is 0.125. The van der Waals surface area contributed by atoms with Crippen LogP contribution >= 0.6 is 0 Å². The molecular formula is C25H29F2N3O. The normalized spacial score (nSPS) is 21.9. The number of nitrogens with zero attached hydrogens (tertiary/aromatic N) is 3. The van der Waals surface area contributed by atoms with Crippen molar-refractivity contribution in [1.82, 2.24) is 9.91 Å². The zero-order valence-electron chi connectivity index (χ0n) is 18.0. The van der Waals surface area contributed by atoms with Gasteiger partial charge in [-0.15, -0.1) is 0 Å². The minimum atomic E-state index is -0.697. The zero-order valence-corrected chi connectivity index (χ0v) is 18.0. The topological polar surface area (TPSA) is 35.9 Å². The molecule has 0 spiro atoms. The van der Waals surface area contributed by atoms with E-state index < -0.39 is 17.2 Å². The van der Waals surface area contributed by atoms with Gasteiger partial charge in [-0.1, -0.05) is 36.8 Å². The highest BCUT2D eigenvalue weighted by Gasteiger charge is 2.46. The molecule has 2 aliphatic heterocycles. The van der Waals surface area contributed by atoms with Gasteiger partial charge in [0.05, 0.1) is 11.3 Å². The van der Waals surface area contributed by atoms with E-state index in [0.29, 0.717) is 18.6 Å². The molecule has 0 unspecified atom stereocenters. The Balaban J connectivity index is 1.66. The molecule has 31 heavy (non-hydrogen) atoms. The fraction of sp³-hybridized carbons (Fsp3) is 0.440. The van der Waals surface area contributed by atoms with Crippen molar-refractivity contribution in [3.8, 4) is 0 Å². The predicted molar refractivity (Wildman–Crippen MR) is 118 cm³/mol. The highest BCUT2D eigenvalue weighted by atomic mass is 19.1. The van der Waals surface area contributed by atoms with Crippen LogP contribution in [0.2, 0.25) is 0 Å². The van der Waals surface area contributed by atoms with E-state index in [2.05, 4.69) is 10.0 Å². The molecule has 2 aliphatic rings. The number of hydrazone groups is 1. The fourth-order valence-corrected chi connectivity index (χ4v) is 4.93. The van der Waals surface area contributed by atoms with Gasteiger partial charge >= 0.3 is 0 Å². The molecule has 0 bridgehead atoms. The van der Waals surface area contributed by atoms with Gasteiger partial charge in [-0.05, 0) is 69.1 Å². The molecule has 1 atom stereocenters. The van der Waals surface area contributed by atoms with Gasteiger partial charge in [0.1, 0.15) is 11.6 Å². The van der Waals surface area contributed by atoms with E-state index in [1.807, 2.05) is 30.3 Å². The largest absolute Gasteiger partial charge is 0.303 e. The number of hydrogen-bond acceptors (Lipinski definition) is 3. The Morgan fingerprint density at radius 2 is 1.81 bits per heavy atom. The van der Waals surface area contributed by atoms with Gasteiger partial charge in [-0.2, -0.15) is 5.10 Å². The number of hydrogen-bond donors (Lipinski definition) is 0. The lowest BCUT2D eigenvalue weighted by Gasteiger charge is -2.37. The van der Waals surface area contributed by atoms with Crippen LogP contribution in [-0.2, 0) is 10.3 Å². The van der Waals surface area contributed by atoms with Crippen molar-refractivity contribution in [1.29, 1.82) is 0 Å². The van der Waals surface area contributed by atoms with Crippen molar-refractivity contribution in [2.75, 3.05) is 19.6 Å². The monoisotopic (exact) mass is 425 g/mol. The van der Waals surface area contributed by atoms with Crippen LogP contribution in [-0.4, -0.2) is 41.2 Å². The van der Waals surface area contributed by atoms with Crippen LogP contribution in [0.25, 0.3) is 0 Å². The third-order valence-corrected chi connectivity index (χ3v) is 6.45. The van der Waals surface area contributed by atoms with Crippen molar-refractivity contribution < 1.29 is 13.6 Å². The predicted octanol–water partition coefficient (Wildman–Crippen LogP) is 5.08. The number of amides is 1. The summed E-state index contributed by atoms with van der Waals surface area (Å²) < 4.78 is 28.4. The van der Waals surface area contributed by atoms with Crippen LogP contribution in [0.15, 0.2) is 53.6 Å². The summed E-state index contributed by atoms with van der Waals surface area (Å²) in [6.07, 6.45) is 5.71. The summed E-state index contributed by atoms with van der Waals surface area (Å²) in [6, 6.07) is 13.2. The molecule has 2 aromatic rings. The third-order valence-electron chi connectivity index (χ3n) is 6.45. The summed E-state index contributed by atoms with van der Waals surface area (Å²) in [5, 5.41) is 6.03. The molecular weight excluding hydrogens is 396 g/mol. The van der Waals surface area contributed by atoms with Crippen molar-refractivity contribution in [2.24, 2.45) is 5.10 Å². The highest BCUT2D eigenvalue weighted by molar-refractivity contribution is 6.03. The molecule has 4 nitrogen and oxygen atoms in total. The first-order valence-electron chi connectivity index (χ1n) is 11.1. The van der Waals surface area contributed by atoms with E-state index in [1.165, 1.54) is 37.3 Å². The molecule has 1 amide bonds. The lowest BCUT2D eigenvalue weighted by atomic mass is 9.80. The summed E-state index contributed by atoms with van der Waals surface area (Å²) in [4.78, 5) is 15.1. The third kappa shape index (κ3) is 4.54. The Morgan fingerprint density at radius 1 is 1.06 bits per heavy atom. The Labute approximate surface area is 182 Å². The summed E-state index contributed by atoms with van der Waals surface area (Å²) in [6.45, 7) is 4.68. The number of likely N-dealkylation sites (tertiary alicyclic amines) is 1. The van der Waals surface area contributed by atoms with Crippen LogP contribution < -0.4 is 0 Å². The molecule has 1 fully saturated rings. The molecule has 1 saturated heterocycles. The maximum atomic E-state index is 14.5. The summed E-state index contributed by atoms with van der Waals surface area (Å²) in [7, 11) is 0. The Morgan fingerprint density at radius 3 is 2.52 bits per heavy atom. The molecule has 0 N–H and O–H groups in total. The van der Waals surface area contributed by atoms with Gasteiger partial charge in [0, 0.05) is 18.9 Å². The number of carbonyl (C=O) groups is 1. The van der Waals surface area contributed by atoms with E-state index in [1.54, 1.807) is 0 Å². The van der Waals surface area contributed by atoms with E-state index in [4.69, 9.17) is 0 Å². The van der Waals surface area contributed by atoms with E-state index in [-0.39, 0.29) is 11.5 Å². The van der Waals surface area contributed by atoms with Crippen LogP contribution in [0.4, 0.5) is 8.78 Å². The van der Waals surface area contributed by atoms with Crippen molar-refractivity contribution in [3.05, 3.63) is 71.3 Å². The second kappa shape index (κ2) is 9.27. The molecule has 2 aromatic carbocycles. The Kier molecular flexibility index (Phi) is 6.46. The van der Waals surface area contributed by atoms with E-state index >= 15 is 0 Å². The average Bonchev–Trinajstić information content (AvgIpc) is 3.18. The maximum Gasteiger partial charge on any atom is 0.240 e. The highest BCUT2D eigenvalue weighted by Crippen LogP contribution is 2.43. The standard InChI is InChI=1S/C25H29F2N3O/c1-19(31)30-25(20-9-4-2-5-10-20,13-8-16-29-14-6-3-7-15-29)18-24(28-30)22-17-21(26)11-12-23(22)27/h2,4-5,9-12,17H,3,6-8,13-16,18H2,1H3/t25-/m1/s1. The van der Waals surface area contributed by atoms with Crippen LogP contribution in [0.5, 0.6) is 0 Å². The number of rotatable bonds is 6. The molecule has 4 rings (SSSR count). The van der Waals surface area contributed by atoms with Gasteiger partial charge in [0.2, 0.25) is 5.91 Å². The number of piperidine rings is 1. The fourth-order valence-electron chi connectivity index (χ4n) is 4.93. The number of benzene rings is 2. The second-order valence-electron chi connectivity index (χ2n) is 8.58. The molecule has 6 heteroatoms. The van der Waals surface area contributed by atoms with Gasteiger partial charge in [-0.3, -0.25) is 4.79 Å². The molecule has 164 valence electrons.